The van der Waals surface area contributed by atoms with Gasteiger partial charge in [0.1, 0.15) is 0 Å². The van der Waals surface area contributed by atoms with Crippen LogP contribution in [0.2, 0.25) is 0 Å². The molecule has 0 unspecified atom stereocenters. The first-order chi connectivity index (χ1) is 14.8. The molecular weight excluding hydrogens is 513 g/mol. The number of halogens is 3. The number of amides is 1. The molecule has 166 valence electrons. The number of alkyl halides is 2. The lowest BCUT2D eigenvalue weighted by Gasteiger charge is -2.35. The molecule has 31 heavy (non-hydrogen) atoms. The van der Waals surface area contributed by atoms with Gasteiger partial charge in [0.05, 0.1) is 17.3 Å². The third kappa shape index (κ3) is 4.59. The highest BCUT2D eigenvalue weighted by Gasteiger charge is 2.44. The SMILES string of the molecule is O=C(Nc1ccn(C2CCC(F)(F)CC2)n1)c1ccc(I)cc1N1CCC2(CC1)CC2. The van der Waals surface area contributed by atoms with Crippen LogP contribution in [0.15, 0.2) is 30.5 Å². The molecule has 1 aromatic heterocycles. The molecule has 2 saturated carbocycles. The second-order valence-electron chi connectivity index (χ2n) is 9.37. The summed E-state index contributed by atoms with van der Waals surface area (Å²) in [5, 5.41) is 7.37. The molecule has 8 heteroatoms. The predicted molar refractivity (Wildman–Crippen MR) is 125 cm³/mol. The lowest BCUT2D eigenvalue weighted by atomic mass is 9.92. The van der Waals surface area contributed by atoms with Crippen LogP contribution in [0.5, 0.6) is 0 Å². The van der Waals surface area contributed by atoms with Crippen LogP contribution in [0.1, 0.15) is 67.8 Å². The molecule has 3 fully saturated rings. The molecule has 1 aliphatic heterocycles. The number of piperidine rings is 1. The van der Waals surface area contributed by atoms with Gasteiger partial charge in [-0.3, -0.25) is 9.48 Å². The van der Waals surface area contributed by atoms with Crippen molar-refractivity contribution in [1.29, 1.82) is 0 Å². The number of hydrogen-bond acceptors (Lipinski definition) is 3. The fourth-order valence-corrected chi connectivity index (χ4v) is 5.41. The molecule has 2 aromatic rings. The average Bonchev–Trinajstić information content (AvgIpc) is 3.33. The molecule has 0 bridgehead atoms. The van der Waals surface area contributed by atoms with E-state index in [4.69, 9.17) is 0 Å². The molecule has 1 N–H and O–H groups in total. The molecule has 2 heterocycles. The van der Waals surface area contributed by atoms with E-state index in [0.717, 1.165) is 22.3 Å². The number of carbonyl (C=O) groups is 1. The molecule has 0 atom stereocenters. The number of carbonyl (C=O) groups excluding carboxylic acids is 1. The van der Waals surface area contributed by atoms with E-state index in [0.29, 0.717) is 29.6 Å². The molecule has 5 rings (SSSR count). The van der Waals surface area contributed by atoms with Crippen LogP contribution in [0, 0.1) is 8.99 Å². The third-order valence-corrected chi connectivity index (χ3v) is 7.91. The molecule has 3 aliphatic rings. The number of rotatable bonds is 4. The number of aromatic nitrogens is 2. The number of hydrogen-bond donors (Lipinski definition) is 1. The van der Waals surface area contributed by atoms with E-state index in [2.05, 4.69) is 44.0 Å². The van der Waals surface area contributed by atoms with Crippen molar-refractivity contribution in [2.45, 2.75) is 63.3 Å². The van der Waals surface area contributed by atoms with Gasteiger partial charge >= 0.3 is 0 Å². The predicted octanol–water partition coefficient (Wildman–Crippen LogP) is 5.87. The minimum Gasteiger partial charge on any atom is -0.371 e. The first kappa shape index (κ1) is 21.2. The van der Waals surface area contributed by atoms with Crippen molar-refractivity contribution >= 4 is 40.0 Å². The highest BCUT2D eigenvalue weighted by atomic mass is 127. The number of nitrogens with zero attached hydrogens (tertiary/aromatic N) is 3. The molecule has 5 nitrogen and oxygen atoms in total. The van der Waals surface area contributed by atoms with E-state index in [9.17, 15) is 13.6 Å². The van der Waals surface area contributed by atoms with E-state index in [1.54, 1.807) is 16.9 Å². The Hall–Kier alpha value is -1.71. The summed E-state index contributed by atoms with van der Waals surface area (Å²) in [6, 6.07) is 7.62. The zero-order valence-electron chi connectivity index (χ0n) is 17.4. The van der Waals surface area contributed by atoms with Gasteiger partial charge in [0, 0.05) is 41.8 Å². The van der Waals surface area contributed by atoms with Gasteiger partial charge in [-0.25, -0.2) is 8.78 Å². The van der Waals surface area contributed by atoms with Crippen molar-refractivity contribution in [2.24, 2.45) is 5.41 Å². The maximum atomic E-state index is 13.4. The maximum absolute atomic E-state index is 13.4. The molecule has 1 saturated heterocycles. The Morgan fingerprint density at radius 3 is 2.45 bits per heavy atom. The largest absolute Gasteiger partial charge is 0.371 e. The summed E-state index contributed by atoms with van der Waals surface area (Å²) in [5.74, 6) is -2.28. The summed E-state index contributed by atoms with van der Waals surface area (Å²) in [4.78, 5) is 15.4. The quantitative estimate of drug-likeness (QED) is 0.494. The molecule has 1 amide bonds. The van der Waals surface area contributed by atoms with Gasteiger partial charge in [-0.15, -0.1) is 0 Å². The first-order valence-corrected chi connectivity index (χ1v) is 12.2. The normalized spacial score (nSPS) is 22.5. The van der Waals surface area contributed by atoms with E-state index in [1.165, 1.54) is 25.7 Å². The van der Waals surface area contributed by atoms with E-state index >= 15 is 0 Å². The standard InChI is InChI=1S/C23H27F2IN4O/c24-23(25)6-3-17(4-7-23)30-12-5-20(28-30)27-21(31)18-2-1-16(26)15-19(18)29-13-10-22(8-9-22)11-14-29/h1-2,5,12,15,17H,3-4,6-11,13-14H2,(H,27,28,31). The van der Waals surface area contributed by atoms with Gasteiger partial charge in [-0.05, 0) is 84.7 Å². The highest BCUT2D eigenvalue weighted by molar-refractivity contribution is 14.1. The van der Waals surface area contributed by atoms with Crippen molar-refractivity contribution in [3.05, 3.63) is 39.6 Å². The van der Waals surface area contributed by atoms with Crippen molar-refractivity contribution in [2.75, 3.05) is 23.3 Å². The fraction of sp³-hybridized carbons (Fsp3) is 0.565. The van der Waals surface area contributed by atoms with Crippen molar-refractivity contribution in [3.8, 4) is 0 Å². The lowest BCUT2D eigenvalue weighted by molar-refractivity contribution is -0.0449. The Balaban J connectivity index is 1.28. The van der Waals surface area contributed by atoms with Crippen molar-refractivity contribution in [1.82, 2.24) is 9.78 Å². The number of anilines is 2. The number of nitrogens with one attached hydrogen (secondary N) is 1. The minimum atomic E-state index is -2.56. The van der Waals surface area contributed by atoms with Gasteiger partial charge < -0.3 is 10.2 Å². The van der Waals surface area contributed by atoms with Crippen LogP contribution >= 0.6 is 22.6 Å². The van der Waals surface area contributed by atoms with Crippen molar-refractivity contribution < 1.29 is 13.6 Å². The fourth-order valence-electron chi connectivity index (χ4n) is 4.94. The summed E-state index contributed by atoms with van der Waals surface area (Å²) < 4.78 is 29.7. The molecule has 1 spiro atoms. The van der Waals surface area contributed by atoms with Crippen LogP contribution < -0.4 is 10.2 Å². The second-order valence-corrected chi connectivity index (χ2v) is 10.6. The molecule has 0 radical (unpaired) electrons. The summed E-state index contributed by atoms with van der Waals surface area (Å²) in [6.07, 6.45) is 7.46. The summed E-state index contributed by atoms with van der Waals surface area (Å²) in [5.41, 5.74) is 2.21. The van der Waals surface area contributed by atoms with E-state index < -0.39 is 5.92 Å². The highest BCUT2D eigenvalue weighted by Crippen LogP contribution is 2.54. The Labute approximate surface area is 194 Å². The van der Waals surface area contributed by atoms with Crippen molar-refractivity contribution in [3.63, 3.8) is 0 Å². The smallest absolute Gasteiger partial charge is 0.258 e. The summed E-state index contributed by atoms with van der Waals surface area (Å²) in [6.45, 7) is 1.97. The second kappa shape index (κ2) is 8.01. The van der Waals surface area contributed by atoms with Crippen LogP contribution in [-0.4, -0.2) is 34.7 Å². The molecule has 2 aliphatic carbocycles. The average molecular weight is 540 g/mol. The van der Waals surface area contributed by atoms with Gasteiger partial charge in [0.2, 0.25) is 5.92 Å². The third-order valence-electron chi connectivity index (χ3n) is 7.24. The molecule has 1 aromatic carbocycles. The Bertz CT molecular complexity index is 968. The van der Waals surface area contributed by atoms with Crippen LogP contribution in [0.4, 0.5) is 20.3 Å². The topological polar surface area (TPSA) is 50.2 Å². The zero-order valence-corrected chi connectivity index (χ0v) is 19.6. The maximum Gasteiger partial charge on any atom is 0.258 e. The lowest BCUT2D eigenvalue weighted by Crippen LogP contribution is -2.35. The van der Waals surface area contributed by atoms with Gasteiger partial charge in [0.25, 0.3) is 5.91 Å². The minimum absolute atomic E-state index is 0.0396. The zero-order chi connectivity index (χ0) is 21.6. The first-order valence-electron chi connectivity index (χ1n) is 11.1. The van der Waals surface area contributed by atoms with Gasteiger partial charge in [-0.2, -0.15) is 5.10 Å². The Morgan fingerprint density at radius 1 is 1.06 bits per heavy atom. The molecular formula is C23H27F2IN4O. The van der Waals surface area contributed by atoms with Crippen LogP contribution in [0.3, 0.4) is 0 Å². The van der Waals surface area contributed by atoms with E-state index in [1.807, 2.05) is 12.1 Å². The monoisotopic (exact) mass is 540 g/mol. The number of benzene rings is 1. The van der Waals surface area contributed by atoms with E-state index in [-0.39, 0.29) is 24.8 Å². The van der Waals surface area contributed by atoms with Crippen LogP contribution in [0.25, 0.3) is 0 Å². The summed E-state index contributed by atoms with van der Waals surface area (Å²) >= 11 is 2.29. The van der Waals surface area contributed by atoms with Crippen LogP contribution in [-0.2, 0) is 0 Å². The van der Waals surface area contributed by atoms with Gasteiger partial charge in [0.15, 0.2) is 5.82 Å². The Kier molecular flexibility index (Phi) is 5.46. The van der Waals surface area contributed by atoms with Gasteiger partial charge in [-0.1, -0.05) is 0 Å². The Morgan fingerprint density at radius 2 is 1.77 bits per heavy atom. The summed E-state index contributed by atoms with van der Waals surface area (Å²) in [7, 11) is 0.